The first-order valence-corrected chi connectivity index (χ1v) is 6.03. The van der Waals surface area contributed by atoms with E-state index in [-0.39, 0.29) is 23.8 Å². The van der Waals surface area contributed by atoms with Crippen molar-refractivity contribution < 1.29 is 14.5 Å². The molecular weight excluding hydrogens is 262 g/mol. The molecule has 7 heteroatoms. The fourth-order valence-electron chi connectivity index (χ4n) is 1.94. The molecular formula is C13H13N3O4. The first-order chi connectivity index (χ1) is 9.43. The number of anilines is 1. The van der Waals surface area contributed by atoms with E-state index in [1.807, 2.05) is 0 Å². The number of hydrogen-bond acceptors (Lipinski definition) is 5. The highest BCUT2D eigenvalue weighted by Crippen LogP contribution is 2.24. The molecule has 1 aliphatic heterocycles. The maximum atomic E-state index is 11.9. The van der Waals surface area contributed by atoms with Gasteiger partial charge in [-0.2, -0.15) is 0 Å². The summed E-state index contributed by atoms with van der Waals surface area (Å²) < 4.78 is 0. The minimum atomic E-state index is -0.491. The van der Waals surface area contributed by atoms with Gasteiger partial charge in [-0.05, 0) is 19.9 Å². The molecule has 0 radical (unpaired) electrons. The highest BCUT2D eigenvalue weighted by molar-refractivity contribution is 6.17. The second-order valence-corrected chi connectivity index (χ2v) is 4.33. The van der Waals surface area contributed by atoms with E-state index in [1.54, 1.807) is 26.0 Å². The van der Waals surface area contributed by atoms with E-state index in [2.05, 4.69) is 5.32 Å². The summed E-state index contributed by atoms with van der Waals surface area (Å²) in [5, 5.41) is 13.6. The van der Waals surface area contributed by atoms with Gasteiger partial charge in [0.05, 0.1) is 4.92 Å². The number of nitrogens with one attached hydrogen (secondary N) is 1. The van der Waals surface area contributed by atoms with Gasteiger partial charge in [0, 0.05) is 29.9 Å². The number of benzene rings is 1. The van der Waals surface area contributed by atoms with Crippen molar-refractivity contribution in [3.63, 3.8) is 0 Å². The van der Waals surface area contributed by atoms with Crippen molar-refractivity contribution in [2.24, 2.45) is 0 Å². The summed E-state index contributed by atoms with van der Waals surface area (Å²) in [4.78, 5) is 34.9. The molecule has 1 heterocycles. The third-order valence-electron chi connectivity index (χ3n) is 3.01. The number of likely N-dealkylation sites (N-methyl/N-ethyl adjacent to an activating group) is 1. The second-order valence-electron chi connectivity index (χ2n) is 4.33. The van der Waals surface area contributed by atoms with E-state index in [0.717, 1.165) is 4.90 Å². The lowest BCUT2D eigenvalue weighted by molar-refractivity contribution is -0.385. The molecule has 2 amide bonds. The van der Waals surface area contributed by atoms with Gasteiger partial charge in [-0.25, -0.2) is 0 Å². The largest absolute Gasteiger partial charge is 0.351 e. The predicted octanol–water partition coefficient (Wildman–Crippen LogP) is 1.59. The molecule has 20 heavy (non-hydrogen) atoms. The number of amides is 2. The van der Waals surface area contributed by atoms with Crippen molar-refractivity contribution in [1.82, 2.24) is 4.90 Å². The third kappa shape index (κ3) is 2.37. The molecule has 0 saturated carbocycles. The van der Waals surface area contributed by atoms with Crippen molar-refractivity contribution in [2.75, 3.05) is 11.9 Å². The third-order valence-corrected chi connectivity index (χ3v) is 3.01. The molecule has 0 spiro atoms. The predicted molar refractivity (Wildman–Crippen MR) is 71.9 cm³/mol. The monoisotopic (exact) mass is 275 g/mol. The van der Waals surface area contributed by atoms with Crippen LogP contribution in [0.25, 0.3) is 0 Å². The number of hydrogen-bond donors (Lipinski definition) is 1. The highest BCUT2D eigenvalue weighted by atomic mass is 16.6. The first kappa shape index (κ1) is 13.7. The summed E-state index contributed by atoms with van der Waals surface area (Å²) in [5.41, 5.74) is 1.00. The highest BCUT2D eigenvalue weighted by Gasteiger charge is 2.29. The molecule has 0 aliphatic carbocycles. The van der Waals surface area contributed by atoms with Gasteiger partial charge in [0.15, 0.2) is 0 Å². The quantitative estimate of drug-likeness (QED) is 0.511. The minimum Gasteiger partial charge on any atom is -0.351 e. The maximum absolute atomic E-state index is 11.9. The molecule has 1 aliphatic rings. The number of rotatable bonds is 4. The molecule has 2 rings (SSSR count). The molecule has 0 aromatic heterocycles. The standard InChI is InChI=1S/C13H13N3O4/c1-3-15-12(17)7-10(13(15)18)14-9-5-4-8(2)11(6-9)16(19)20/h4-7,14H,3H2,1-2H3. The Balaban J connectivity index is 2.26. The zero-order valence-electron chi connectivity index (χ0n) is 11.0. The fourth-order valence-corrected chi connectivity index (χ4v) is 1.94. The minimum absolute atomic E-state index is 0.0419. The number of carbonyl (C=O) groups excluding carboxylic acids is 2. The summed E-state index contributed by atoms with van der Waals surface area (Å²) in [6.45, 7) is 3.61. The summed E-state index contributed by atoms with van der Waals surface area (Å²) in [6.07, 6.45) is 1.19. The smallest absolute Gasteiger partial charge is 0.277 e. The zero-order chi connectivity index (χ0) is 14.9. The Kier molecular flexibility index (Phi) is 3.51. The number of nitro benzene ring substituents is 1. The van der Waals surface area contributed by atoms with E-state index in [9.17, 15) is 19.7 Å². The van der Waals surface area contributed by atoms with Crippen molar-refractivity contribution in [3.05, 3.63) is 45.6 Å². The number of imide groups is 1. The molecule has 1 N–H and O–H groups in total. The van der Waals surface area contributed by atoms with Gasteiger partial charge in [0.2, 0.25) is 0 Å². The van der Waals surface area contributed by atoms with Gasteiger partial charge in [-0.15, -0.1) is 0 Å². The van der Waals surface area contributed by atoms with Gasteiger partial charge >= 0.3 is 0 Å². The van der Waals surface area contributed by atoms with Crippen LogP contribution in [0.1, 0.15) is 12.5 Å². The fraction of sp³-hybridized carbons (Fsp3) is 0.231. The van der Waals surface area contributed by atoms with Crippen LogP contribution in [0.5, 0.6) is 0 Å². The molecule has 104 valence electrons. The van der Waals surface area contributed by atoms with E-state index >= 15 is 0 Å². The number of carbonyl (C=O) groups is 2. The molecule has 0 unspecified atom stereocenters. The lowest BCUT2D eigenvalue weighted by Gasteiger charge is -2.12. The molecule has 7 nitrogen and oxygen atoms in total. The van der Waals surface area contributed by atoms with Crippen molar-refractivity contribution in [1.29, 1.82) is 0 Å². The number of aryl methyl sites for hydroxylation is 1. The molecule has 0 saturated heterocycles. The van der Waals surface area contributed by atoms with E-state index in [4.69, 9.17) is 0 Å². The lowest BCUT2D eigenvalue weighted by Crippen LogP contribution is -2.31. The molecule has 0 bridgehead atoms. The van der Waals surface area contributed by atoms with E-state index in [0.29, 0.717) is 11.3 Å². The van der Waals surface area contributed by atoms with Crippen LogP contribution >= 0.6 is 0 Å². The van der Waals surface area contributed by atoms with Crippen molar-refractivity contribution in [3.8, 4) is 0 Å². The van der Waals surface area contributed by atoms with Crippen LogP contribution in [-0.4, -0.2) is 28.2 Å². The van der Waals surface area contributed by atoms with Gasteiger partial charge in [0.1, 0.15) is 5.70 Å². The topological polar surface area (TPSA) is 92.6 Å². The number of nitro groups is 1. The lowest BCUT2D eigenvalue weighted by atomic mass is 10.2. The normalized spacial score (nSPS) is 14.5. The van der Waals surface area contributed by atoms with Crippen molar-refractivity contribution in [2.45, 2.75) is 13.8 Å². The molecule has 0 fully saturated rings. The van der Waals surface area contributed by atoms with Gasteiger partial charge in [-0.3, -0.25) is 24.6 Å². The van der Waals surface area contributed by atoms with Crippen LogP contribution in [0.3, 0.4) is 0 Å². The Hall–Kier alpha value is -2.70. The van der Waals surface area contributed by atoms with Gasteiger partial charge in [0.25, 0.3) is 17.5 Å². The summed E-state index contributed by atoms with van der Waals surface area (Å²) >= 11 is 0. The van der Waals surface area contributed by atoms with E-state index in [1.165, 1.54) is 12.1 Å². The van der Waals surface area contributed by atoms with Crippen LogP contribution < -0.4 is 5.32 Å². The van der Waals surface area contributed by atoms with E-state index < -0.39 is 10.8 Å². The Morgan fingerprint density at radius 2 is 2.05 bits per heavy atom. The summed E-state index contributed by atoms with van der Waals surface area (Å²) in [5.74, 6) is -0.817. The first-order valence-electron chi connectivity index (χ1n) is 6.03. The SMILES string of the molecule is CCN1C(=O)C=C(Nc2ccc(C)c([N+](=O)[O-])c2)C1=O. The van der Waals surface area contributed by atoms with Crippen LogP contribution in [0, 0.1) is 17.0 Å². The average Bonchev–Trinajstić information content (AvgIpc) is 2.66. The molecule has 0 atom stereocenters. The van der Waals surface area contributed by atoms with Crippen LogP contribution in [0.4, 0.5) is 11.4 Å². The Bertz CT molecular complexity index is 637. The van der Waals surface area contributed by atoms with Crippen LogP contribution in [0.15, 0.2) is 30.0 Å². The van der Waals surface area contributed by atoms with Gasteiger partial charge in [-0.1, -0.05) is 6.07 Å². The Morgan fingerprint density at radius 3 is 2.60 bits per heavy atom. The summed E-state index contributed by atoms with van der Waals surface area (Å²) in [6, 6.07) is 4.54. The Morgan fingerprint density at radius 1 is 1.35 bits per heavy atom. The van der Waals surface area contributed by atoms with Crippen molar-refractivity contribution >= 4 is 23.2 Å². The Labute approximate surface area is 115 Å². The van der Waals surface area contributed by atoms with Crippen LogP contribution in [0.2, 0.25) is 0 Å². The molecule has 1 aromatic carbocycles. The van der Waals surface area contributed by atoms with Gasteiger partial charge < -0.3 is 5.32 Å². The second kappa shape index (κ2) is 5.12. The zero-order valence-corrected chi connectivity index (χ0v) is 11.0. The van der Waals surface area contributed by atoms with Crippen LogP contribution in [-0.2, 0) is 9.59 Å². The average molecular weight is 275 g/mol. The maximum Gasteiger partial charge on any atom is 0.277 e. The number of nitrogens with zero attached hydrogens (tertiary/aromatic N) is 2. The molecule has 1 aromatic rings. The summed E-state index contributed by atoms with van der Waals surface area (Å²) in [7, 11) is 0.